The number of aliphatic hydroxyl groups excluding tert-OH is 7. The Kier molecular flexibility index (Phi) is 10.7. The Balaban J connectivity index is 1.14. The second-order valence-corrected chi connectivity index (χ2v) is 21.7. The van der Waals surface area contributed by atoms with Crippen LogP contribution in [0.2, 0.25) is 0 Å². The molecular weight excluding hydrogens is 756 g/mol. The summed E-state index contributed by atoms with van der Waals surface area (Å²) in [5, 5.41) is 87.8. The summed E-state index contributed by atoms with van der Waals surface area (Å²) in [6, 6.07) is 0. The summed E-state index contributed by atoms with van der Waals surface area (Å²) in [7, 11) is 0. The van der Waals surface area contributed by atoms with E-state index in [1.165, 1.54) is 6.92 Å². The number of carbonyl (C=O) groups excluding carboxylic acids is 1. The average molecular weight is 827 g/mol. The van der Waals surface area contributed by atoms with E-state index in [9.17, 15) is 45.6 Å². The van der Waals surface area contributed by atoms with Crippen molar-refractivity contribution < 1.29 is 74.1 Å². The van der Waals surface area contributed by atoms with Crippen LogP contribution in [0.5, 0.6) is 0 Å². The maximum atomic E-state index is 12.2. The SMILES string of the molecule is CC(=O)O[C@@H]1[C@H](O)[C@H](O[C@@H]2CC[C@@]34C[C@@]35CC[C@@]3(C)[C@H]([C@@]6(C)C[C@@H](C(C)(C)O)CO6)[C@@H](O)C[C@]3(C)[C@H]5C[C@@H](O[C@@H]3O[C@H](CO)[C@H](O)[C@@H](O)[C@H]3O)[C@H]4C2(C)C)OC[C@H]1O. The van der Waals surface area contributed by atoms with Gasteiger partial charge in [-0.05, 0) is 111 Å². The van der Waals surface area contributed by atoms with Gasteiger partial charge in [0.25, 0.3) is 0 Å². The summed E-state index contributed by atoms with van der Waals surface area (Å²) in [6.45, 7) is 15.5. The van der Waals surface area contributed by atoms with Crippen LogP contribution in [0.1, 0.15) is 107 Å². The molecule has 0 radical (unpaired) electrons. The van der Waals surface area contributed by atoms with Gasteiger partial charge in [0.15, 0.2) is 18.7 Å². The monoisotopic (exact) mass is 826 g/mol. The molecule has 21 atom stereocenters. The van der Waals surface area contributed by atoms with Crippen LogP contribution in [0.25, 0.3) is 0 Å². The third kappa shape index (κ3) is 6.17. The van der Waals surface area contributed by atoms with E-state index in [4.69, 9.17) is 28.4 Å². The fourth-order valence-electron chi connectivity index (χ4n) is 15.2. The van der Waals surface area contributed by atoms with Gasteiger partial charge in [-0.2, -0.15) is 0 Å². The van der Waals surface area contributed by atoms with Crippen molar-refractivity contribution in [3.63, 3.8) is 0 Å². The van der Waals surface area contributed by atoms with E-state index < -0.39 is 103 Å². The molecule has 0 aromatic carbocycles. The second-order valence-electron chi connectivity index (χ2n) is 21.7. The van der Waals surface area contributed by atoms with Crippen molar-refractivity contribution >= 4 is 5.97 Å². The number of hydrogen-bond donors (Lipinski definition) is 8. The molecule has 8 rings (SSSR count). The van der Waals surface area contributed by atoms with Gasteiger partial charge < -0.3 is 69.3 Å². The van der Waals surface area contributed by atoms with Crippen LogP contribution in [0.3, 0.4) is 0 Å². The summed E-state index contributed by atoms with van der Waals surface area (Å²) in [5.41, 5.74) is -3.20. The van der Waals surface area contributed by atoms with Crippen LogP contribution in [0.15, 0.2) is 0 Å². The highest BCUT2D eigenvalue weighted by Gasteiger charge is 2.85. The van der Waals surface area contributed by atoms with E-state index in [1.807, 2.05) is 13.8 Å². The van der Waals surface area contributed by atoms with Crippen LogP contribution >= 0.6 is 0 Å². The largest absolute Gasteiger partial charge is 0.457 e. The average Bonchev–Trinajstić information content (AvgIpc) is 3.49. The lowest BCUT2D eigenvalue weighted by atomic mass is 9.41. The minimum absolute atomic E-state index is 0.0640. The summed E-state index contributed by atoms with van der Waals surface area (Å²) in [6.07, 6.45) is -8.08. The molecule has 0 aromatic rings. The molecule has 2 spiro atoms. The number of carbonyl (C=O) groups is 1. The Morgan fingerprint density at radius 1 is 0.793 bits per heavy atom. The number of aliphatic hydroxyl groups is 8. The Morgan fingerprint density at radius 3 is 2.14 bits per heavy atom. The van der Waals surface area contributed by atoms with E-state index in [0.717, 1.165) is 25.7 Å². The van der Waals surface area contributed by atoms with Crippen molar-refractivity contribution in [3.8, 4) is 0 Å². The molecule has 8 fully saturated rings. The zero-order valence-corrected chi connectivity index (χ0v) is 35.5. The second kappa shape index (κ2) is 14.2. The predicted octanol–water partition coefficient (Wildman–Crippen LogP) is 1.15. The molecule has 332 valence electrons. The topological polar surface area (TPSA) is 234 Å². The summed E-state index contributed by atoms with van der Waals surface area (Å²) >= 11 is 0. The molecule has 0 bridgehead atoms. The highest BCUT2D eigenvalue weighted by Crippen LogP contribution is 2.89. The lowest BCUT2D eigenvalue weighted by Crippen LogP contribution is -2.65. The lowest BCUT2D eigenvalue weighted by molar-refractivity contribution is -0.339. The highest BCUT2D eigenvalue weighted by molar-refractivity contribution is 5.66. The molecule has 8 N–H and O–H groups in total. The van der Waals surface area contributed by atoms with Crippen molar-refractivity contribution in [2.45, 2.75) is 192 Å². The molecule has 3 heterocycles. The van der Waals surface area contributed by atoms with Crippen molar-refractivity contribution in [2.24, 2.45) is 50.7 Å². The normalized spacial score (nSPS) is 56.1. The maximum Gasteiger partial charge on any atom is 0.303 e. The first-order valence-electron chi connectivity index (χ1n) is 21.7. The third-order valence-corrected chi connectivity index (χ3v) is 18.1. The maximum absolute atomic E-state index is 12.2. The van der Waals surface area contributed by atoms with Crippen LogP contribution in [0.4, 0.5) is 0 Å². The molecule has 3 aliphatic heterocycles. The molecule has 0 amide bonds. The summed E-state index contributed by atoms with van der Waals surface area (Å²) in [4.78, 5) is 11.9. The number of ether oxygens (including phenoxy) is 6. The van der Waals surface area contributed by atoms with Gasteiger partial charge in [-0.1, -0.05) is 27.7 Å². The van der Waals surface area contributed by atoms with Gasteiger partial charge in [0.1, 0.15) is 36.6 Å². The highest BCUT2D eigenvalue weighted by atomic mass is 16.7. The summed E-state index contributed by atoms with van der Waals surface area (Å²) in [5.74, 6) is -0.984. The molecule has 15 nitrogen and oxygen atoms in total. The molecule has 8 aliphatic rings. The Morgan fingerprint density at radius 2 is 1.50 bits per heavy atom. The van der Waals surface area contributed by atoms with E-state index in [1.54, 1.807) is 0 Å². The lowest BCUT2D eigenvalue weighted by Gasteiger charge is -2.65. The Bertz CT molecular complexity index is 1570. The van der Waals surface area contributed by atoms with E-state index in [-0.39, 0.29) is 51.9 Å². The van der Waals surface area contributed by atoms with Crippen LogP contribution < -0.4 is 0 Å². The van der Waals surface area contributed by atoms with Gasteiger partial charge >= 0.3 is 5.97 Å². The Hall–Kier alpha value is -1.05. The van der Waals surface area contributed by atoms with Gasteiger partial charge in [0, 0.05) is 18.8 Å². The van der Waals surface area contributed by atoms with Gasteiger partial charge in [-0.3, -0.25) is 4.79 Å². The van der Waals surface area contributed by atoms with E-state index in [2.05, 4.69) is 34.6 Å². The fraction of sp³-hybridized carbons (Fsp3) is 0.977. The van der Waals surface area contributed by atoms with Crippen molar-refractivity contribution in [2.75, 3.05) is 19.8 Å². The first-order chi connectivity index (χ1) is 26.9. The first kappa shape index (κ1) is 43.6. The molecule has 0 unspecified atom stereocenters. The zero-order chi connectivity index (χ0) is 42.3. The van der Waals surface area contributed by atoms with E-state index >= 15 is 0 Å². The summed E-state index contributed by atoms with van der Waals surface area (Å²) < 4.78 is 37.3. The van der Waals surface area contributed by atoms with Gasteiger partial charge in [-0.15, -0.1) is 0 Å². The quantitative estimate of drug-likeness (QED) is 0.127. The van der Waals surface area contributed by atoms with Gasteiger partial charge in [-0.25, -0.2) is 0 Å². The zero-order valence-electron chi connectivity index (χ0n) is 35.5. The molecule has 58 heavy (non-hydrogen) atoms. The number of fused-ring (bicyclic) bond motifs is 2. The van der Waals surface area contributed by atoms with Crippen molar-refractivity contribution in [1.29, 1.82) is 0 Å². The minimum Gasteiger partial charge on any atom is -0.457 e. The Labute approximate surface area is 341 Å². The standard InChI is InChI=1S/C43H70O15/c1-20(45)55-32-23(47)18-53-35(31(32)51)58-27-9-10-43-19-42(43)12-11-39(6)33(41(8)14-21(17-54-41)38(4,5)52)22(46)15-40(39,7)26(42)13-24(34(43)37(27,2)3)56-36-30(50)29(49)28(48)25(16-44)57-36/h21-36,44,46-52H,9-19H2,1-8H3/t21-,22+,23-,24-,25-,26-,27-,28+,29-,30-,31+,32+,33-,34+,35+,36-,39+,40-,41-,42-,43+/m1/s1. The minimum atomic E-state index is -1.62. The van der Waals surface area contributed by atoms with Gasteiger partial charge in [0.05, 0.1) is 49.3 Å². The number of esters is 1. The molecule has 3 saturated heterocycles. The molecule has 15 heteroatoms. The van der Waals surface area contributed by atoms with Crippen LogP contribution in [-0.4, -0.2) is 151 Å². The molecule has 0 aromatic heterocycles. The third-order valence-electron chi connectivity index (χ3n) is 18.1. The van der Waals surface area contributed by atoms with Crippen LogP contribution in [-0.2, 0) is 33.2 Å². The number of rotatable bonds is 8. The predicted molar refractivity (Wildman–Crippen MR) is 203 cm³/mol. The first-order valence-corrected chi connectivity index (χ1v) is 21.7. The van der Waals surface area contributed by atoms with Crippen molar-refractivity contribution in [3.05, 3.63) is 0 Å². The molecular formula is C43H70O15. The number of hydrogen-bond acceptors (Lipinski definition) is 15. The molecule has 5 saturated carbocycles. The van der Waals surface area contributed by atoms with Gasteiger partial charge in [0.2, 0.25) is 0 Å². The molecule has 5 aliphatic carbocycles. The van der Waals surface area contributed by atoms with Crippen LogP contribution in [0, 0.1) is 50.7 Å². The fourth-order valence-corrected chi connectivity index (χ4v) is 15.2. The van der Waals surface area contributed by atoms with Crippen molar-refractivity contribution in [1.82, 2.24) is 0 Å². The van der Waals surface area contributed by atoms with E-state index in [0.29, 0.717) is 32.3 Å². The smallest absolute Gasteiger partial charge is 0.303 e.